The molecule has 3 heterocycles. The lowest BCUT2D eigenvalue weighted by Crippen LogP contribution is -2.74. The molecule has 0 spiro atoms. The van der Waals surface area contributed by atoms with Crippen LogP contribution >= 0.6 is 0 Å². The molecule has 0 unspecified atom stereocenters. The Balaban J connectivity index is 1.89. The molecule has 1 aliphatic carbocycles. The highest BCUT2D eigenvalue weighted by molar-refractivity contribution is 5.89. The molecular formula is C33H45N3O17. The van der Waals surface area contributed by atoms with Crippen LogP contribution in [0.2, 0.25) is 0 Å². The molecule has 3 aliphatic heterocycles. The lowest BCUT2D eigenvalue weighted by Gasteiger charge is -2.48. The largest absolute Gasteiger partial charge is 0.463 e. The van der Waals surface area contributed by atoms with Gasteiger partial charge in [-0.05, 0) is 12.8 Å². The molecule has 3 amide bonds. The minimum atomic E-state index is -1.82. The SMILES string of the molecule is CC(=O)OC[C@H]1O[C@H]2C(=O)N[C@@H]3[C@@H](OC(C)=O)[C@H](OC(C)=O)[C@@H](COC(C)=O)O[C@H]3C(=O)N[C@@H]3CCCC[C@H]3C(=O)N[C@@H]2[C@@H](OC(C)=O)[C@@H]1OC(C)=O. The number of carbonyl (C=O) groups excluding carboxylic acids is 9. The van der Waals surface area contributed by atoms with E-state index in [0.717, 1.165) is 41.5 Å². The Labute approximate surface area is 303 Å². The molecule has 294 valence electrons. The molecule has 53 heavy (non-hydrogen) atoms. The standard InChI is InChI=1S/C33H45N3O17/c1-13(37)46-11-21-26(49-16(4)40)28(51-18(6)42)24-29(52-21)32(44)34-20-10-8-7-9-19(20)31(43)35-23-27(50-17(5)41)25(48-15(3)39)22(12-47-14(2)38)53-30(23)33(45)36-24/h19-30H,7-12H2,1-6H3,(H,34,44)(H,35,43)(H,36,45)/t19-,20-,21-,22-,23-,24-,25-,26-,27-,28-,29-,30-/m1/s1. The van der Waals surface area contributed by atoms with Crippen molar-refractivity contribution in [1.29, 1.82) is 0 Å². The second kappa shape index (κ2) is 17.8. The quantitative estimate of drug-likeness (QED) is 0.179. The molecule has 20 nitrogen and oxygen atoms in total. The second-order valence-corrected chi connectivity index (χ2v) is 13.2. The van der Waals surface area contributed by atoms with E-state index in [0.29, 0.717) is 19.3 Å². The molecule has 0 bridgehead atoms. The highest BCUT2D eigenvalue weighted by Crippen LogP contribution is 2.33. The monoisotopic (exact) mass is 755 g/mol. The highest BCUT2D eigenvalue weighted by Gasteiger charge is 2.58. The summed E-state index contributed by atoms with van der Waals surface area (Å²) in [7, 11) is 0. The average Bonchev–Trinajstić information content (AvgIpc) is 3.05. The van der Waals surface area contributed by atoms with Crippen molar-refractivity contribution in [1.82, 2.24) is 16.0 Å². The molecule has 0 aromatic carbocycles. The summed E-state index contributed by atoms with van der Waals surface area (Å²) in [6.07, 6.45) is -10.8. The topological polar surface area (TPSA) is 264 Å². The second-order valence-electron chi connectivity index (χ2n) is 13.2. The predicted octanol–water partition coefficient (Wildman–Crippen LogP) is -1.97. The van der Waals surface area contributed by atoms with Crippen LogP contribution in [0, 0.1) is 5.92 Å². The first-order valence-electron chi connectivity index (χ1n) is 17.1. The van der Waals surface area contributed by atoms with Gasteiger partial charge in [0.25, 0.3) is 11.8 Å². The molecule has 4 fully saturated rings. The van der Waals surface area contributed by atoms with E-state index in [9.17, 15) is 43.2 Å². The van der Waals surface area contributed by atoms with E-state index in [-0.39, 0.29) is 6.42 Å². The fourth-order valence-corrected chi connectivity index (χ4v) is 7.04. The zero-order valence-electron chi connectivity index (χ0n) is 30.1. The van der Waals surface area contributed by atoms with Crippen LogP contribution in [-0.2, 0) is 81.0 Å². The van der Waals surface area contributed by atoms with Gasteiger partial charge in [-0.15, -0.1) is 0 Å². The van der Waals surface area contributed by atoms with Crippen LogP contribution < -0.4 is 16.0 Å². The Morgan fingerprint density at radius 2 is 0.906 bits per heavy atom. The van der Waals surface area contributed by atoms with Crippen molar-refractivity contribution in [3.05, 3.63) is 0 Å². The summed E-state index contributed by atoms with van der Waals surface area (Å²) in [6, 6.07) is -3.98. The summed E-state index contributed by atoms with van der Waals surface area (Å²) in [5.74, 6) is -8.51. The summed E-state index contributed by atoms with van der Waals surface area (Å²) in [4.78, 5) is 116. The minimum absolute atomic E-state index is 0.288. The molecule has 4 rings (SSSR count). The maximum absolute atomic E-state index is 14.5. The number of fused-ring (bicyclic) bond motifs is 3. The molecule has 3 N–H and O–H groups in total. The molecule has 4 aliphatic rings. The smallest absolute Gasteiger partial charge is 0.303 e. The summed E-state index contributed by atoms with van der Waals surface area (Å²) < 4.78 is 44.6. The number of rotatable bonds is 8. The highest BCUT2D eigenvalue weighted by atomic mass is 16.6. The van der Waals surface area contributed by atoms with Crippen molar-refractivity contribution in [2.75, 3.05) is 13.2 Å². The van der Waals surface area contributed by atoms with Gasteiger partial charge in [0.1, 0.15) is 37.5 Å². The van der Waals surface area contributed by atoms with Gasteiger partial charge in [0.15, 0.2) is 36.6 Å². The Morgan fingerprint density at radius 1 is 0.528 bits per heavy atom. The Bertz CT molecular complexity index is 1470. The van der Waals surface area contributed by atoms with E-state index in [1.165, 1.54) is 0 Å². The van der Waals surface area contributed by atoms with Gasteiger partial charge in [0.05, 0.1) is 5.92 Å². The number of hydrogen-bond acceptors (Lipinski definition) is 17. The molecule has 0 aromatic heterocycles. The first kappa shape index (κ1) is 40.9. The summed E-state index contributed by atoms with van der Waals surface area (Å²) in [5, 5.41) is 8.12. The van der Waals surface area contributed by atoms with Crippen LogP contribution in [0.3, 0.4) is 0 Å². The predicted molar refractivity (Wildman–Crippen MR) is 171 cm³/mol. The molecule has 1 saturated carbocycles. The normalized spacial score (nSPS) is 34.2. The van der Waals surface area contributed by atoms with E-state index in [4.69, 9.17) is 37.9 Å². The number of amides is 3. The van der Waals surface area contributed by atoms with Gasteiger partial charge >= 0.3 is 35.8 Å². The van der Waals surface area contributed by atoms with Crippen LogP contribution in [-0.4, -0.2) is 134 Å². The number of carbonyl (C=O) groups is 9. The first-order chi connectivity index (χ1) is 25.0. The van der Waals surface area contributed by atoms with Gasteiger partial charge in [0, 0.05) is 47.6 Å². The van der Waals surface area contributed by atoms with E-state index >= 15 is 0 Å². The summed E-state index contributed by atoms with van der Waals surface area (Å²) in [6.45, 7) is 5.25. The average molecular weight is 756 g/mol. The number of nitrogens with one attached hydrogen (secondary N) is 3. The third-order valence-electron chi connectivity index (χ3n) is 9.06. The molecule has 0 radical (unpaired) electrons. The zero-order valence-corrected chi connectivity index (χ0v) is 30.1. The van der Waals surface area contributed by atoms with Crippen LogP contribution in [0.1, 0.15) is 67.2 Å². The molecule has 3 saturated heterocycles. The van der Waals surface area contributed by atoms with Gasteiger partial charge in [-0.3, -0.25) is 43.2 Å². The van der Waals surface area contributed by atoms with Gasteiger partial charge in [-0.25, -0.2) is 0 Å². The van der Waals surface area contributed by atoms with Crippen LogP contribution in [0.15, 0.2) is 0 Å². The van der Waals surface area contributed by atoms with E-state index < -0.39 is 140 Å². The van der Waals surface area contributed by atoms with Crippen molar-refractivity contribution in [3.63, 3.8) is 0 Å². The van der Waals surface area contributed by atoms with E-state index in [1.807, 2.05) is 0 Å². The third-order valence-corrected chi connectivity index (χ3v) is 9.06. The van der Waals surface area contributed by atoms with Crippen molar-refractivity contribution in [3.8, 4) is 0 Å². The maximum atomic E-state index is 14.5. The van der Waals surface area contributed by atoms with Gasteiger partial charge in [-0.1, -0.05) is 12.8 Å². The van der Waals surface area contributed by atoms with Gasteiger partial charge in [0.2, 0.25) is 5.91 Å². The number of ether oxygens (including phenoxy) is 8. The van der Waals surface area contributed by atoms with Crippen LogP contribution in [0.4, 0.5) is 0 Å². The van der Waals surface area contributed by atoms with E-state index in [1.54, 1.807) is 0 Å². The summed E-state index contributed by atoms with van der Waals surface area (Å²) in [5.41, 5.74) is 0. The van der Waals surface area contributed by atoms with Crippen molar-refractivity contribution < 1.29 is 81.0 Å². The molecule has 0 aromatic rings. The maximum Gasteiger partial charge on any atom is 0.303 e. The van der Waals surface area contributed by atoms with Crippen molar-refractivity contribution in [2.45, 2.75) is 134 Å². The van der Waals surface area contributed by atoms with E-state index in [2.05, 4.69) is 16.0 Å². The van der Waals surface area contributed by atoms with Crippen LogP contribution in [0.5, 0.6) is 0 Å². The zero-order chi connectivity index (χ0) is 39.1. The van der Waals surface area contributed by atoms with Crippen molar-refractivity contribution >= 4 is 53.5 Å². The van der Waals surface area contributed by atoms with Gasteiger partial charge in [-0.2, -0.15) is 0 Å². The molecular weight excluding hydrogens is 710 g/mol. The van der Waals surface area contributed by atoms with Crippen molar-refractivity contribution in [2.24, 2.45) is 5.92 Å². The van der Waals surface area contributed by atoms with Gasteiger partial charge < -0.3 is 53.8 Å². The van der Waals surface area contributed by atoms with Crippen LogP contribution in [0.25, 0.3) is 0 Å². The lowest BCUT2D eigenvalue weighted by molar-refractivity contribution is -0.229. The minimum Gasteiger partial charge on any atom is -0.463 e. The number of esters is 6. The fraction of sp³-hybridized carbons (Fsp3) is 0.727. The Kier molecular flexibility index (Phi) is 13.7. The number of hydrogen-bond donors (Lipinski definition) is 3. The fourth-order valence-electron chi connectivity index (χ4n) is 7.04. The first-order valence-corrected chi connectivity index (χ1v) is 17.1. The molecule has 12 atom stereocenters. The Hall–Kier alpha value is -4.85. The summed E-state index contributed by atoms with van der Waals surface area (Å²) >= 11 is 0. The third kappa shape index (κ3) is 10.4. The lowest BCUT2D eigenvalue weighted by atomic mass is 9.82. The molecule has 20 heteroatoms. The Morgan fingerprint density at radius 3 is 1.32 bits per heavy atom.